The molecule has 2 heterocycles. The first-order valence-corrected chi connectivity index (χ1v) is 38.4. The molecule has 0 amide bonds. The van der Waals surface area contributed by atoms with E-state index in [2.05, 4.69) is 97.0 Å². The summed E-state index contributed by atoms with van der Waals surface area (Å²) in [5.41, 5.74) is 10.2. The van der Waals surface area contributed by atoms with Crippen molar-refractivity contribution < 1.29 is 0 Å². The van der Waals surface area contributed by atoms with Crippen LogP contribution in [0.15, 0.2) is 194 Å². The standard InChI is InChI=1S/C24H18Cl2N2.C17H12Cl2N2.C7H7Br.C3H4.2K/c25-21-9-6-11-23(24(21)26)28(17-18-7-2-1-3-8-18)20-14-12-19(13-15-20)22-10-4-5-16-27-22;18-14-4-3-6-16(17(14)19)21-13-9-7-12(8-10-13)15-5-1-2-11-20-15;8-6-7-4-2-1-3-5-7;1-3-2;;/h1-16H,17H2;1-11,21H;1-5H,6H2;1H,2H3;;. The van der Waals surface area contributed by atoms with Gasteiger partial charge in [-0.1, -0.05) is 172 Å². The summed E-state index contributed by atoms with van der Waals surface area (Å²) in [6.07, 6.45) is 8.18. The van der Waals surface area contributed by atoms with Crippen molar-refractivity contribution in [2.24, 2.45) is 0 Å². The molecule has 11 heteroatoms. The quantitative estimate of drug-likeness (QED) is 0.0889. The van der Waals surface area contributed by atoms with Crippen molar-refractivity contribution in [1.82, 2.24) is 9.97 Å². The predicted octanol–water partition coefficient (Wildman–Crippen LogP) is 15.7. The molecule has 8 aromatic rings. The third-order valence-electron chi connectivity index (χ3n) is 8.62. The molecule has 302 valence electrons. The predicted molar refractivity (Wildman–Crippen MR) is 273 cm³/mol. The van der Waals surface area contributed by atoms with E-state index >= 15 is 0 Å². The van der Waals surface area contributed by atoms with Gasteiger partial charge in [-0.15, -0.1) is 12.3 Å². The zero-order valence-electron chi connectivity index (χ0n) is 34.7. The number of terminal acetylenes is 1. The van der Waals surface area contributed by atoms with Crippen LogP contribution in [0.5, 0.6) is 0 Å². The summed E-state index contributed by atoms with van der Waals surface area (Å²) in [4.78, 5) is 10.9. The molecule has 0 aliphatic carbocycles. The number of rotatable bonds is 9. The van der Waals surface area contributed by atoms with Crippen LogP contribution in [0.25, 0.3) is 22.5 Å². The Labute approximate surface area is 440 Å². The number of aromatic nitrogens is 2. The number of alkyl halides is 1. The van der Waals surface area contributed by atoms with Gasteiger partial charge in [-0.2, -0.15) is 0 Å². The molecule has 0 saturated heterocycles. The van der Waals surface area contributed by atoms with Gasteiger partial charge in [-0.25, -0.2) is 0 Å². The molecule has 2 aromatic heterocycles. The number of pyridine rings is 2. The van der Waals surface area contributed by atoms with Crippen molar-refractivity contribution in [2.75, 3.05) is 10.2 Å². The van der Waals surface area contributed by atoms with Crippen molar-refractivity contribution in [2.45, 2.75) is 18.8 Å². The van der Waals surface area contributed by atoms with Crippen molar-refractivity contribution in [3.63, 3.8) is 0 Å². The second kappa shape index (κ2) is 30.0. The Hall–Kier alpha value is -2.31. The van der Waals surface area contributed by atoms with Gasteiger partial charge in [-0.3, -0.25) is 9.97 Å². The van der Waals surface area contributed by atoms with Crippen LogP contribution in [-0.4, -0.2) is 73.1 Å². The van der Waals surface area contributed by atoms with Gasteiger partial charge < -0.3 is 10.2 Å². The summed E-state index contributed by atoms with van der Waals surface area (Å²) in [5.74, 6) is 2.25. The van der Waals surface area contributed by atoms with Gasteiger partial charge in [0.25, 0.3) is 0 Å². The van der Waals surface area contributed by atoms with Gasteiger partial charge in [0, 0.05) is 46.8 Å². The fourth-order valence-electron chi connectivity index (χ4n) is 5.71. The molecule has 62 heavy (non-hydrogen) atoms. The molecular formula is C51H41BrCl4K2N4. The summed E-state index contributed by atoms with van der Waals surface area (Å²) in [6.45, 7) is 2.34. The third kappa shape index (κ3) is 17.2. The van der Waals surface area contributed by atoms with E-state index in [4.69, 9.17) is 46.4 Å². The first-order valence-electron chi connectivity index (χ1n) is 19.8. The Balaban J connectivity index is 0.000000217. The van der Waals surface area contributed by atoms with Crippen LogP contribution < -0.4 is 10.2 Å². The van der Waals surface area contributed by atoms with Crippen molar-refractivity contribution >= 4 is 148 Å². The van der Waals surface area contributed by atoms with Crippen LogP contribution in [0, 0.1) is 12.3 Å². The molecule has 0 bridgehead atoms. The molecular weight excluding hydrogens is 969 g/mol. The molecule has 0 spiro atoms. The normalized spacial score (nSPS) is 9.76. The van der Waals surface area contributed by atoms with E-state index in [9.17, 15) is 0 Å². The van der Waals surface area contributed by atoms with E-state index in [1.54, 1.807) is 31.5 Å². The van der Waals surface area contributed by atoms with Gasteiger partial charge in [0.1, 0.15) is 0 Å². The first kappa shape index (κ1) is 52.3. The van der Waals surface area contributed by atoms with Gasteiger partial charge in [0.15, 0.2) is 0 Å². The molecule has 0 aliphatic rings. The van der Waals surface area contributed by atoms with E-state index in [1.165, 1.54) is 74.3 Å². The number of benzene rings is 6. The van der Waals surface area contributed by atoms with Gasteiger partial charge in [0.05, 0.1) is 42.9 Å². The summed E-state index contributed by atoms with van der Waals surface area (Å²) >= 11 is 30.9. The molecule has 0 radical (unpaired) electrons. The second-order valence-electron chi connectivity index (χ2n) is 12.8. The second-order valence-corrected chi connectivity index (χ2v) is 15.0. The molecule has 8 rings (SSSR count). The Bertz CT molecular complexity index is 2530. The Morgan fingerprint density at radius 1 is 0.565 bits per heavy atom. The van der Waals surface area contributed by atoms with Gasteiger partial charge >= 0.3 is 63.2 Å². The summed E-state index contributed by atoms with van der Waals surface area (Å²) in [5, 5.41) is 6.36. The fraction of sp³-hybridized carbons (Fsp3) is 0.0588. The summed E-state index contributed by atoms with van der Waals surface area (Å²) in [7, 11) is 0. The zero-order chi connectivity index (χ0) is 44.5. The molecule has 4 nitrogen and oxygen atoms in total. The van der Waals surface area contributed by atoms with E-state index in [1.807, 2.05) is 121 Å². The van der Waals surface area contributed by atoms with E-state index in [0.29, 0.717) is 26.6 Å². The number of anilines is 4. The number of hydrogen-bond donors (Lipinski definition) is 1. The molecule has 0 unspecified atom stereocenters. The molecule has 1 N–H and O–H groups in total. The average molecular weight is 1010 g/mol. The summed E-state index contributed by atoms with van der Waals surface area (Å²) in [6, 6.07) is 59.9. The first-order chi connectivity index (χ1) is 30.3. The Morgan fingerprint density at radius 2 is 1.03 bits per heavy atom. The zero-order valence-corrected chi connectivity index (χ0v) is 45.6. The maximum atomic E-state index is 6.55. The molecule has 6 aromatic carbocycles. The van der Waals surface area contributed by atoms with Gasteiger partial charge in [0.2, 0.25) is 0 Å². The van der Waals surface area contributed by atoms with Crippen LogP contribution in [-0.2, 0) is 11.9 Å². The molecule has 0 fully saturated rings. The minimum atomic E-state index is 0.521. The average Bonchev–Trinajstić information content (AvgIpc) is 3.33. The number of nitrogens with one attached hydrogen (secondary N) is 1. The van der Waals surface area contributed by atoms with Gasteiger partial charge in [-0.05, 0) is 90.8 Å². The fourth-order valence-corrected chi connectivity index (χ4v) is 6.83. The molecule has 0 atom stereocenters. The summed E-state index contributed by atoms with van der Waals surface area (Å²) < 4.78 is 0. The van der Waals surface area contributed by atoms with Crippen LogP contribution >= 0.6 is 62.3 Å². The Kier molecular flexibility index (Phi) is 25.3. The molecule has 0 aliphatic heterocycles. The van der Waals surface area contributed by atoms with E-state index in [-0.39, 0.29) is 0 Å². The number of halogens is 5. The monoisotopic (exact) mass is 1010 g/mol. The van der Waals surface area contributed by atoms with Crippen LogP contribution in [0.2, 0.25) is 20.1 Å². The molecule has 0 saturated carbocycles. The SMILES string of the molecule is BrCc1ccccc1.C#CC.Clc1cccc(N(Cc2ccccc2)c2ccc(-c3ccccn3)cc2)c1Cl.Clc1cccc(Nc2ccc(-c3ccccn3)cc2)c1Cl.[K][K]. The minimum absolute atomic E-state index is 0.521. The van der Waals surface area contributed by atoms with Crippen molar-refractivity contribution in [3.8, 4) is 34.9 Å². The van der Waals surface area contributed by atoms with Crippen LogP contribution in [0.4, 0.5) is 22.7 Å². The Morgan fingerprint density at radius 3 is 1.52 bits per heavy atom. The van der Waals surface area contributed by atoms with Crippen LogP contribution in [0.3, 0.4) is 0 Å². The van der Waals surface area contributed by atoms with E-state index < -0.39 is 0 Å². The number of nitrogens with zero attached hydrogens (tertiary/aromatic N) is 3. The maximum absolute atomic E-state index is 6.55. The van der Waals surface area contributed by atoms with Crippen molar-refractivity contribution in [3.05, 3.63) is 226 Å². The van der Waals surface area contributed by atoms with Crippen LogP contribution in [0.1, 0.15) is 18.1 Å². The van der Waals surface area contributed by atoms with Crippen molar-refractivity contribution in [1.29, 1.82) is 0 Å². The number of hydrogen-bond acceptors (Lipinski definition) is 4. The topological polar surface area (TPSA) is 41.1 Å². The van der Waals surface area contributed by atoms with E-state index in [0.717, 1.165) is 50.6 Å². The third-order valence-corrected chi connectivity index (χ3v) is 10.9.